The Hall–Kier alpha value is -2.57. The molecule has 0 spiro atoms. The normalized spacial score (nSPS) is 15.2. The quantitative estimate of drug-likeness (QED) is 0.676. The number of benzene rings is 1. The molecule has 1 aromatic carbocycles. The highest BCUT2D eigenvalue weighted by molar-refractivity contribution is 5.94. The zero-order chi connectivity index (χ0) is 15.5. The third-order valence-electron chi connectivity index (χ3n) is 3.77. The van der Waals surface area contributed by atoms with E-state index in [1.165, 1.54) is 12.1 Å². The molecule has 7 heteroatoms. The summed E-state index contributed by atoms with van der Waals surface area (Å²) in [4.78, 5) is 22.9. The van der Waals surface area contributed by atoms with Crippen molar-refractivity contribution in [2.45, 2.75) is 32.9 Å². The highest BCUT2D eigenvalue weighted by atomic mass is 16.6. The second kappa shape index (κ2) is 3.97. The lowest BCUT2D eigenvalue weighted by atomic mass is 9.96. The molecule has 0 radical (unpaired) electrons. The second-order valence-corrected chi connectivity index (χ2v) is 5.45. The van der Waals surface area contributed by atoms with Gasteiger partial charge in [-0.1, -0.05) is 0 Å². The lowest BCUT2D eigenvalue weighted by Crippen LogP contribution is -2.36. The fourth-order valence-corrected chi connectivity index (χ4v) is 3.00. The standard InChI is InChI=1S/C14H14N2O5/c1-4-15-10-8-6-5-7(16(19)20)9(10)11(17)12(18)13(15)14(2,3)21-8/h5-6,18H,4H2,1-3H3. The maximum absolute atomic E-state index is 12.4. The average molecular weight is 290 g/mol. The highest BCUT2D eigenvalue weighted by Crippen LogP contribution is 2.44. The fraction of sp³-hybridized carbons (Fsp3) is 0.357. The minimum atomic E-state index is -0.892. The van der Waals surface area contributed by atoms with Crippen LogP contribution in [-0.2, 0) is 12.1 Å². The van der Waals surface area contributed by atoms with E-state index in [1.54, 1.807) is 18.4 Å². The van der Waals surface area contributed by atoms with E-state index in [0.29, 0.717) is 23.5 Å². The lowest BCUT2D eigenvalue weighted by Gasteiger charge is -2.36. The molecular formula is C14H14N2O5. The SMILES string of the molecule is CCn1c2c(O)c(=O)c3c([N+](=O)[O-])ccc(c31)OC2(C)C. The zero-order valence-electron chi connectivity index (χ0n) is 11.8. The van der Waals surface area contributed by atoms with Crippen molar-refractivity contribution in [1.29, 1.82) is 0 Å². The van der Waals surface area contributed by atoms with Crippen molar-refractivity contribution in [3.8, 4) is 11.5 Å². The number of aromatic nitrogens is 1. The molecule has 0 saturated carbocycles. The zero-order valence-corrected chi connectivity index (χ0v) is 11.8. The molecular weight excluding hydrogens is 276 g/mol. The minimum absolute atomic E-state index is 0.115. The third-order valence-corrected chi connectivity index (χ3v) is 3.77. The molecule has 21 heavy (non-hydrogen) atoms. The molecule has 0 amide bonds. The average Bonchev–Trinajstić information content (AvgIpc) is 2.41. The molecule has 3 rings (SSSR count). The van der Waals surface area contributed by atoms with Gasteiger partial charge in [-0.3, -0.25) is 14.9 Å². The van der Waals surface area contributed by atoms with E-state index < -0.39 is 21.7 Å². The van der Waals surface area contributed by atoms with Gasteiger partial charge in [0.1, 0.15) is 27.9 Å². The van der Waals surface area contributed by atoms with Gasteiger partial charge in [-0.25, -0.2) is 0 Å². The Kier molecular flexibility index (Phi) is 2.54. The largest absolute Gasteiger partial charge is 0.503 e. The Bertz CT molecular complexity index is 851. The summed E-state index contributed by atoms with van der Waals surface area (Å²) < 4.78 is 7.52. The van der Waals surface area contributed by atoms with Gasteiger partial charge >= 0.3 is 0 Å². The van der Waals surface area contributed by atoms with Crippen LogP contribution in [0.3, 0.4) is 0 Å². The number of ether oxygens (including phenoxy) is 1. The van der Waals surface area contributed by atoms with Gasteiger partial charge in [-0.15, -0.1) is 0 Å². The number of aryl methyl sites for hydroxylation is 1. The molecule has 1 aliphatic heterocycles. The second-order valence-electron chi connectivity index (χ2n) is 5.45. The summed E-state index contributed by atoms with van der Waals surface area (Å²) in [6.45, 7) is 5.78. The van der Waals surface area contributed by atoms with Crippen LogP contribution < -0.4 is 10.2 Å². The van der Waals surface area contributed by atoms with Crippen molar-refractivity contribution in [3.63, 3.8) is 0 Å². The number of pyridine rings is 1. The summed E-state index contributed by atoms with van der Waals surface area (Å²) in [7, 11) is 0. The minimum Gasteiger partial charge on any atom is -0.503 e. The van der Waals surface area contributed by atoms with Crippen molar-refractivity contribution in [2.24, 2.45) is 0 Å². The Morgan fingerprint density at radius 2 is 2.10 bits per heavy atom. The molecule has 0 atom stereocenters. The van der Waals surface area contributed by atoms with Crippen LogP contribution in [0.1, 0.15) is 26.5 Å². The monoisotopic (exact) mass is 290 g/mol. The van der Waals surface area contributed by atoms with E-state index in [4.69, 9.17) is 4.74 Å². The summed E-state index contributed by atoms with van der Waals surface area (Å²) in [6, 6.07) is 2.73. The summed E-state index contributed by atoms with van der Waals surface area (Å²) in [6.07, 6.45) is 0. The molecule has 1 aliphatic rings. The Morgan fingerprint density at radius 3 is 2.67 bits per heavy atom. The Balaban J connectivity index is 2.66. The number of aromatic hydroxyl groups is 1. The Labute approximate surface area is 119 Å². The maximum atomic E-state index is 12.4. The molecule has 7 nitrogen and oxygen atoms in total. The topological polar surface area (TPSA) is 94.6 Å². The van der Waals surface area contributed by atoms with Gasteiger partial charge in [0.05, 0.1) is 4.92 Å². The van der Waals surface area contributed by atoms with Crippen LogP contribution in [0.5, 0.6) is 11.5 Å². The molecule has 2 bridgehead atoms. The Morgan fingerprint density at radius 1 is 1.43 bits per heavy atom. The number of fused-ring (bicyclic) bond motifs is 1. The highest BCUT2D eigenvalue weighted by Gasteiger charge is 2.39. The van der Waals surface area contributed by atoms with Crippen molar-refractivity contribution in [2.75, 3.05) is 0 Å². The molecule has 0 aliphatic carbocycles. The lowest BCUT2D eigenvalue weighted by molar-refractivity contribution is -0.383. The van der Waals surface area contributed by atoms with Crippen LogP contribution in [0.25, 0.3) is 10.9 Å². The van der Waals surface area contributed by atoms with Crippen molar-refractivity contribution in [3.05, 3.63) is 38.2 Å². The van der Waals surface area contributed by atoms with Gasteiger partial charge in [0.25, 0.3) is 5.69 Å². The van der Waals surface area contributed by atoms with Gasteiger partial charge in [0, 0.05) is 12.6 Å². The third kappa shape index (κ3) is 1.57. The van der Waals surface area contributed by atoms with Crippen LogP contribution in [0.4, 0.5) is 5.69 Å². The van der Waals surface area contributed by atoms with E-state index >= 15 is 0 Å². The van der Waals surface area contributed by atoms with Crippen LogP contribution in [0.2, 0.25) is 0 Å². The molecule has 110 valence electrons. The van der Waals surface area contributed by atoms with Gasteiger partial charge in [0.15, 0.2) is 5.75 Å². The van der Waals surface area contributed by atoms with Crippen molar-refractivity contribution >= 4 is 16.6 Å². The molecule has 1 N–H and O–H groups in total. The number of hydrogen-bond donors (Lipinski definition) is 1. The van der Waals surface area contributed by atoms with Gasteiger partial charge in [0.2, 0.25) is 5.43 Å². The summed E-state index contributed by atoms with van der Waals surface area (Å²) in [5, 5.41) is 21.3. The predicted octanol–water partition coefficient (Wildman–Crippen LogP) is 2.26. The molecule has 0 unspecified atom stereocenters. The smallest absolute Gasteiger partial charge is 0.283 e. The number of nitro groups is 1. The van der Waals surface area contributed by atoms with Crippen LogP contribution in [0, 0.1) is 10.1 Å². The molecule has 2 heterocycles. The first kappa shape index (κ1) is 13.4. The van der Waals surface area contributed by atoms with E-state index in [-0.39, 0.29) is 11.1 Å². The fourth-order valence-electron chi connectivity index (χ4n) is 3.00. The van der Waals surface area contributed by atoms with Crippen LogP contribution in [0.15, 0.2) is 16.9 Å². The van der Waals surface area contributed by atoms with Crippen molar-refractivity contribution in [1.82, 2.24) is 4.57 Å². The number of rotatable bonds is 2. The first-order chi connectivity index (χ1) is 9.79. The molecule has 2 aromatic rings. The summed E-state index contributed by atoms with van der Waals surface area (Å²) in [5.41, 5.74) is -1.24. The van der Waals surface area contributed by atoms with Gasteiger partial charge in [-0.05, 0) is 26.8 Å². The predicted molar refractivity (Wildman–Crippen MR) is 75.9 cm³/mol. The summed E-state index contributed by atoms with van der Waals surface area (Å²) in [5.74, 6) is -0.0821. The first-order valence-corrected chi connectivity index (χ1v) is 6.56. The number of nitro benzene ring substituents is 1. The molecule has 1 aromatic heterocycles. The number of nitrogens with zero attached hydrogens (tertiary/aromatic N) is 2. The van der Waals surface area contributed by atoms with Crippen LogP contribution >= 0.6 is 0 Å². The van der Waals surface area contributed by atoms with E-state index in [2.05, 4.69) is 0 Å². The van der Waals surface area contributed by atoms with E-state index in [0.717, 1.165) is 0 Å². The molecule has 0 fully saturated rings. The van der Waals surface area contributed by atoms with Crippen LogP contribution in [-0.4, -0.2) is 14.6 Å². The van der Waals surface area contributed by atoms with E-state index in [9.17, 15) is 20.0 Å². The summed E-state index contributed by atoms with van der Waals surface area (Å²) >= 11 is 0. The van der Waals surface area contributed by atoms with Crippen molar-refractivity contribution < 1.29 is 14.8 Å². The molecule has 0 saturated heterocycles. The van der Waals surface area contributed by atoms with E-state index in [1.807, 2.05) is 6.92 Å². The number of non-ortho nitro benzene ring substituents is 1. The first-order valence-electron chi connectivity index (χ1n) is 6.56. The van der Waals surface area contributed by atoms with Gasteiger partial charge < -0.3 is 14.4 Å². The van der Waals surface area contributed by atoms with Gasteiger partial charge in [-0.2, -0.15) is 0 Å². The number of hydrogen-bond acceptors (Lipinski definition) is 5. The maximum Gasteiger partial charge on any atom is 0.283 e.